The van der Waals surface area contributed by atoms with E-state index in [0.717, 1.165) is 5.56 Å². The summed E-state index contributed by atoms with van der Waals surface area (Å²) in [7, 11) is 1.57. The Morgan fingerprint density at radius 3 is 2.59 bits per heavy atom. The zero-order valence-electron chi connectivity index (χ0n) is 15.6. The van der Waals surface area contributed by atoms with Crippen LogP contribution in [-0.2, 0) is 11.3 Å². The largest absolute Gasteiger partial charge is 0.497 e. The fourth-order valence-corrected chi connectivity index (χ4v) is 2.88. The molecule has 3 aromatic rings. The van der Waals surface area contributed by atoms with Crippen molar-refractivity contribution in [3.8, 4) is 17.7 Å². The number of carbonyl (C=O) groups is 1. The summed E-state index contributed by atoms with van der Waals surface area (Å²) in [4.78, 5) is 24.3. The lowest BCUT2D eigenvalue weighted by atomic mass is 10.1. The molecule has 0 fully saturated rings. The zero-order chi connectivity index (χ0) is 20.8. The van der Waals surface area contributed by atoms with Crippen LogP contribution in [0.1, 0.15) is 17.5 Å². The summed E-state index contributed by atoms with van der Waals surface area (Å²) in [5.74, 6) is -0.160. The zero-order valence-corrected chi connectivity index (χ0v) is 15.6. The predicted molar refractivity (Wildman–Crippen MR) is 108 cm³/mol. The summed E-state index contributed by atoms with van der Waals surface area (Å²) in [5, 5.41) is 24.0. The number of fused-ring (bicyclic) bond motifs is 1. The van der Waals surface area contributed by atoms with Gasteiger partial charge in [0.05, 0.1) is 31.5 Å². The van der Waals surface area contributed by atoms with Crippen LogP contribution < -0.4 is 15.7 Å². The van der Waals surface area contributed by atoms with E-state index in [0.29, 0.717) is 16.5 Å². The molecule has 2 N–H and O–H groups in total. The van der Waals surface area contributed by atoms with E-state index >= 15 is 0 Å². The van der Waals surface area contributed by atoms with E-state index in [1.807, 2.05) is 0 Å². The van der Waals surface area contributed by atoms with Crippen LogP contribution in [0, 0.1) is 11.3 Å². The first-order valence-electron chi connectivity index (χ1n) is 8.71. The van der Waals surface area contributed by atoms with E-state index in [1.54, 1.807) is 61.7 Å². The van der Waals surface area contributed by atoms with Crippen LogP contribution in [0.3, 0.4) is 0 Å². The first kappa shape index (κ1) is 19.6. The van der Waals surface area contributed by atoms with Crippen molar-refractivity contribution in [2.24, 2.45) is 5.10 Å². The molecule has 0 atom stereocenters. The van der Waals surface area contributed by atoms with Crippen molar-refractivity contribution in [1.29, 1.82) is 5.26 Å². The molecule has 29 heavy (non-hydrogen) atoms. The normalized spacial score (nSPS) is 10.8. The molecule has 3 rings (SSSR count). The SMILES string of the molecule is COc1ccc(Cn2c(O)c(C=NNC(=O)CC#N)c3ccccc3c2=O)cc1. The molecule has 8 nitrogen and oxygen atoms in total. The molecule has 0 saturated carbocycles. The fraction of sp³-hybridized carbons (Fsp3) is 0.143. The van der Waals surface area contributed by atoms with Gasteiger partial charge in [-0.2, -0.15) is 10.4 Å². The van der Waals surface area contributed by atoms with Gasteiger partial charge in [-0.15, -0.1) is 0 Å². The van der Waals surface area contributed by atoms with Crippen molar-refractivity contribution in [3.05, 3.63) is 70.0 Å². The molecule has 0 unspecified atom stereocenters. The van der Waals surface area contributed by atoms with Gasteiger partial charge in [-0.05, 0) is 23.8 Å². The molecule has 2 aromatic carbocycles. The molecule has 0 radical (unpaired) electrons. The van der Waals surface area contributed by atoms with Gasteiger partial charge in [-0.25, -0.2) is 5.43 Å². The van der Waals surface area contributed by atoms with Gasteiger partial charge in [0.15, 0.2) is 0 Å². The van der Waals surface area contributed by atoms with Crippen molar-refractivity contribution in [2.75, 3.05) is 7.11 Å². The van der Waals surface area contributed by atoms with Gasteiger partial charge < -0.3 is 9.84 Å². The monoisotopic (exact) mass is 390 g/mol. The number of rotatable bonds is 6. The molecular weight excluding hydrogens is 372 g/mol. The highest BCUT2D eigenvalue weighted by Crippen LogP contribution is 2.24. The quantitative estimate of drug-likeness (QED) is 0.494. The van der Waals surface area contributed by atoms with E-state index in [1.165, 1.54) is 10.8 Å². The van der Waals surface area contributed by atoms with Crippen LogP contribution in [0.5, 0.6) is 11.6 Å². The summed E-state index contributed by atoms with van der Waals surface area (Å²) in [6, 6.07) is 15.7. The third-order valence-electron chi connectivity index (χ3n) is 4.31. The third kappa shape index (κ3) is 4.25. The number of hydrogen-bond donors (Lipinski definition) is 2. The number of nitrogens with zero attached hydrogens (tertiary/aromatic N) is 3. The Labute approximate surface area is 166 Å². The van der Waals surface area contributed by atoms with Gasteiger partial charge in [0.2, 0.25) is 5.88 Å². The van der Waals surface area contributed by atoms with E-state index in [-0.39, 0.29) is 30.0 Å². The van der Waals surface area contributed by atoms with Crippen LogP contribution in [0.25, 0.3) is 10.8 Å². The van der Waals surface area contributed by atoms with Crippen LogP contribution in [0.4, 0.5) is 0 Å². The second-order valence-electron chi connectivity index (χ2n) is 6.15. The highest BCUT2D eigenvalue weighted by molar-refractivity contribution is 6.01. The Bertz CT molecular complexity index is 1170. The lowest BCUT2D eigenvalue weighted by molar-refractivity contribution is -0.120. The van der Waals surface area contributed by atoms with E-state index in [9.17, 15) is 14.7 Å². The predicted octanol–water partition coefficient (Wildman–Crippen LogP) is 2.13. The molecule has 0 saturated heterocycles. The number of carbonyl (C=O) groups excluding carboxylic acids is 1. The summed E-state index contributed by atoms with van der Waals surface area (Å²) in [5.41, 5.74) is 2.95. The molecular formula is C21H18N4O4. The minimum atomic E-state index is -0.570. The molecule has 1 aromatic heterocycles. The smallest absolute Gasteiger partial charge is 0.261 e. The third-order valence-corrected chi connectivity index (χ3v) is 4.31. The Morgan fingerprint density at radius 2 is 1.93 bits per heavy atom. The molecule has 0 aliphatic rings. The molecule has 0 spiro atoms. The van der Waals surface area contributed by atoms with Crippen LogP contribution in [-0.4, -0.2) is 28.9 Å². The van der Waals surface area contributed by atoms with Crippen LogP contribution in [0.15, 0.2) is 58.4 Å². The number of aromatic hydroxyl groups is 1. The van der Waals surface area contributed by atoms with Gasteiger partial charge in [-0.3, -0.25) is 14.2 Å². The minimum Gasteiger partial charge on any atom is -0.497 e. The van der Waals surface area contributed by atoms with Gasteiger partial charge in [-0.1, -0.05) is 30.3 Å². The number of methoxy groups -OCH3 is 1. The molecule has 0 aliphatic carbocycles. The molecule has 8 heteroatoms. The summed E-state index contributed by atoms with van der Waals surface area (Å²) < 4.78 is 6.37. The number of ether oxygens (including phenoxy) is 1. The molecule has 1 amide bonds. The van der Waals surface area contributed by atoms with E-state index < -0.39 is 5.91 Å². The highest BCUT2D eigenvalue weighted by atomic mass is 16.5. The standard InChI is InChI=1S/C21H18N4O4/c1-29-15-8-6-14(7-9-15)13-25-20(27)17-5-3-2-4-16(17)18(21(25)28)12-23-24-19(26)10-11-22/h2-9,12,28H,10,13H2,1H3,(H,24,26). The molecule has 0 aliphatic heterocycles. The lowest BCUT2D eigenvalue weighted by Crippen LogP contribution is -2.22. The Morgan fingerprint density at radius 1 is 1.24 bits per heavy atom. The first-order valence-corrected chi connectivity index (χ1v) is 8.71. The van der Waals surface area contributed by atoms with Crippen LogP contribution in [0.2, 0.25) is 0 Å². The van der Waals surface area contributed by atoms with Crippen molar-refractivity contribution < 1.29 is 14.6 Å². The maximum absolute atomic E-state index is 12.9. The maximum atomic E-state index is 12.9. The van der Waals surface area contributed by atoms with E-state index in [2.05, 4.69) is 10.5 Å². The number of amides is 1. The lowest BCUT2D eigenvalue weighted by Gasteiger charge is -2.14. The topological polar surface area (TPSA) is 117 Å². The highest BCUT2D eigenvalue weighted by Gasteiger charge is 2.15. The van der Waals surface area contributed by atoms with Crippen molar-refractivity contribution in [1.82, 2.24) is 9.99 Å². The fourth-order valence-electron chi connectivity index (χ4n) is 2.88. The summed E-state index contributed by atoms with van der Waals surface area (Å²) in [6.45, 7) is 0.140. The number of hydrazone groups is 1. The van der Waals surface area contributed by atoms with Crippen molar-refractivity contribution >= 4 is 22.9 Å². The molecule has 1 heterocycles. The van der Waals surface area contributed by atoms with Crippen molar-refractivity contribution in [3.63, 3.8) is 0 Å². The van der Waals surface area contributed by atoms with Gasteiger partial charge in [0.1, 0.15) is 12.2 Å². The van der Waals surface area contributed by atoms with Gasteiger partial charge in [0, 0.05) is 10.8 Å². The average molecular weight is 390 g/mol. The second kappa shape index (κ2) is 8.71. The van der Waals surface area contributed by atoms with Gasteiger partial charge in [0.25, 0.3) is 11.5 Å². The second-order valence-corrected chi connectivity index (χ2v) is 6.15. The maximum Gasteiger partial charge on any atom is 0.261 e. The van der Waals surface area contributed by atoms with E-state index in [4.69, 9.17) is 10.00 Å². The number of benzene rings is 2. The number of nitriles is 1. The van der Waals surface area contributed by atoms with Gasteiger partial charge >= 0.3 is 0 Å². The number of aromatic nitrogens is 1. The van der Waals surface area contributed by atoms with Crippen LogP contribution >= 0.6 is 0 Å². The minimum absolute atomic E-state index is 0.140. The number of hydrogen-bond acceptors (Lipinski definition) is 6. The summed E-state index contributed by atoms with van der Waals surface area (Å²) >= 11 is 0. The first-order chi connectivity index (χ1) is 14.0. The molecule has 0 bridgehead atoms. The molecule has 146 valence electrons. The average Bonchev–Trinajstić information content (AvgIpc) is 2.74. The Balaban J connectivity index is 2.05. The summed E-state index contributed by atoms with van der Waals surface area (Å²) in [6.07, 6.45) is 0.929. The Kier molecular flexibility index (Phi) is 5.90. The number of pyridine rings is 1. The number of nitrogens with one attached hydrogen (secondary N) is 1. The van der Waals surface area contributed by atoms with Crippen molar-refractivity contribution in [2.45, 2.75) is 13.0 Å². The Hall–Kier alpha value is -4.12.